The van der Waals surface area contributed by atoms with Gasteiger partial charge in [-0.25, -0.2) is 0 Å². The Morgan fingerprint density at radius 3 is 1.28 bits per heavy atom. The third kappa shape index (κ3) is 6.72. The summed E-state index contributed by atoms with van der Waals surface area (Å²) in [5.41, 5.74) is 13.9. The maximum Gasteiger partial charge on any atom is 0.180 e. The van der Waals surface area contributed by atoms with E-state index < -0.39 is 16.1 Å². The maximum atomic E-state index is 2.54. The summed E-state index contributed by atoms with van der Waals surface area (Å²) in [4.78, 5) is 2.49. The zero-order valence-electron chi connectivity index (χ0n) is 40.6. The number of fused-ring (bicyclic) bond motifs is 6. The van der Waals surface area contributed by atoms with Crippen molar-refractivity contribution in [3.05, 3.63) is 296 Å². The van der Waals surface area contributed by atoms with E-state index in [2.05, 4.69) is 304 Å². The van der Waals surface area contributed by atoms with Gasteiger partial charge in [0.2, 0.25) is 0 Å². The van der Waals surface area contributed by atoms with E-state index in [4.69, 9.17) is 0 Å². The molecule has 0 amide bonds. The van der Waals surface area contributed by atoms with Crippen molar-refractivity contribution in [2.75, 3.05) is 4.90 Å². The van der Waals surface area contributed by atoms with Gasteiger partial charge in [0.15, 0.2) is 16.1 Å². The molecule has 0 bridgehead atoms. The monoisotopic (exact) mass is 951 g/mol. The van der Waals surface area contributed by atoms with Crippen LogP contribution in [0.25, 0.3) is 33.4 Å². The van der Waals surface area contributed by atoms with E-state index in [1.165, 1.54) is 86.0 Å². The number of anilines is 3. The average molecular weight is 952 g/mol. The molecule has 0 spiro atoms. The molecule has 3 heteroatoms. The Balaban J connectivity index is 1.00. The molecule has 2 aliphatic rings. The topological polar surface area (TPSA) is 3.24 Å². The summed E-state index contributed by atoms with van der Waals surface area (Å²) in [6, 6.07) is 108. The van der Waals surface area contributed by atoms with Gasteiger partial charge in [-0.05, 0) is 128 Å². The molecule has 11 aromatic rings. The molecule has 0 N–H and O–H groups in total. The fourth-order valence-corrected chi connectivity index (χ4v) is 22.6. The van der Waals surface area contributed by atoms with Crippen LogP contribution in [-0.4, -0.2) is 16.1 Å². The Morgan fingerprint density at radius 1 is 0.306 bits per heavy atom. The largest absolute Gasteiger partial charge is 0.311 e. The fraction of sp³-hybridized carbons (Fsp3) is 0.0435. The average Bonchev–Trinajstić information content (AvgIpc) is 3.88. The van der Waals surface area contributed by atoms with Gasteiger partial charge in [-0.3, -0.25) is 0 Å². The second-order valence-corrected chi connectivity index (χ2v) is 27.5. The standard InChI is InChI=1S/C69H53NSi2/c1-69(2)65-34-20-18-32-61(65)62-46-38-51(48-66(62)69)50-36-39-52(40-37-50)70(53-41-44-60(45-42-53)71(55-22-8-3-9-23-55,56-24-10-4-11-25-56)57-26-12-5-13-27-57)54-43-47-64-63-33-19-21-35-67(63)72(68(64)49-54,58-28-14-6-15-29-58)59-30-16-7-17-31-59/h3-49H,1-2H3. The maximum absolute atomic E-state index is 2.77. The first-order chi connectivity index (χ1) is 35.5. The summed E-state index contributed by atoms with van der Waals surface area (Å²) >= 11 is 0. The smallest absolute Gasteiger partial charge is 0.180 e. The molecule has 0 atom stereocenters. The minimum Gasteiger partial charge on any atom is -0.311 e. The Labute approximate surface area is 426 Å². The normalized spacial score (nSPS) is 13.6. The molecule has 1 aliphatic carbocycles. The first-order valence-corrected chi connectivity index (χ1v) is 29.2. The van der Waals surface area contributed by atoms with Crippen LogP contribution in [0, 0.1) is 0 Å². The highest BCUT2D eigenvalue weighted by Crippen LogP contribution is 2.49. The molecule has 13 rings (SSSR count). The van der Waals surface area contributed by atoms with Gasteiger partial charge in [-0.2, -0.15) is 0 Å². The Bertz CT molecular complexity index is 3610. The summed E-state index contributed by atoms with van der Waals surface area (Å²) < 4.78 is 0. The highest BCUT2D eigenvalue weighted by atomic mass is 28.3. The quantitative estimate of drug-likeness (QED) is 0.0975. The van der Waals surface area contributed by atoms with E-state index in [1.54, 1.807) is 0 Å². The molecule has 342 valence electrons. The Kier molecular flexibility index (Phi) is 10.6. The second kappa shape index (κ2) is 17.5. The van der Waals surface area contributed by atoms with E-state index in [0.29, 0.717) is 0 Å². The van der Waals surface area contributed by atoms with Crippen LogP contribution in [0.5, 0.6) is 0 Å². The predicted octanol–water partition coefficient (Wildman–Crippen LogP) is 11.9. The summed E-state index contributed by atoms with van der Waals surface area (Å²) in [5.74, 6) is 0. The number of hydrogen-bond donors (Lipinski definition) is 0. The molecule has 72 heavy (non-hydrogen) atoms. The van der Waals surface area contributed by atoms with Gasteiger partial charge >= 0.3 is 0 Å². The van der Waals surface area contributed by atoms with E-state index >= 15 is 0 Å². The molecule has 0 unspecified atom stereocenters. The van der Waals surface area contributed by atoms with Gasteiger partial charge in [-0.15, -0.1) is 0 Å². The molecular weight excluding hydrogens is 899 g/mol. The lowest BCUT2D eigenvalue weighted by molar-refractivity contribution is 0.660. The van der Waals surface area contributed by atoms with Crippen LogP contribution in [-0.2, 0) is 5.41 Å². The zero-order valence-corrected chi connectivity index (χ0v) is 42.6. The summed E-state index contributed by atoms with van der Waals surface area (Å²) in [6.07, 6.45) is 0. The van der Waals surface area contributed by atoms with Crippen LogP contribution in [0.4, 0.5) is 17.1 Å². The van der Waals surface area contributed by atoms with Crippen molar-refractivity contribution >= 4 is 74.7 Å². The number of rotatable bonds is 10. The molecule has 1 nitrogen and oxygen atoms in total. The van der Waals surface area contributed by atoms with Crippen LogP contribution in [0.3, 0.4) is 0 Å². The Morgan fingerprint density at radius 2 is 0.708 bits per heavy atom. The van der Waals surface area contributed by atoms with Crippen molar-refractivity contribution in [3.8, 4) is 33.4 Å². The lowest BCUT2D eigenvalue weighted by Crippen LogP contribution is -2.74. The zero-order chi connectivity index (χ0) is 48.3. The van der Waals surface area contributed by atoms with Crippen LogP contribution in [0.1, 0.15) is 25.0 Å². The van der Waals surface area contributed by atoms with E-state index in [-0.39, 0.29) is 5.41 Å². The molecule has 0 aromatic heterocycles. The van der Waals surface area contributed by atoms with Crippen LogP contribution in [0.15, 0.2) is 285 Å². The van der Waals surface area contributed by atoms with Gasteiger partial charge in [0.1, 0.15) is 0 Å². The van der Waals surface area contributed by atoms with Crippen LogP contribution >= 0.6 is 0 Å². The van der Waals surface area contributed by atoms with Gasteiger partial charge in [0.05, 0.1) is 0 Å². The first kappa shape index (κ1) is 43.7. The third-order valence-electron chi connectivity index (χ3n) is 15.9. The molecule has 1 aliphatic heterocycles. The third-order valence-corrected chi connectivity index (χ3v) is 25.6. The van der Waals surface area contributed by atoms with Crippen molar-refractivity contribution in [2.24, 2.45) is 0 Å². The van der Waals surface area contributed by atoms with E-state index in [1.807, 2.05) is 0 Å². The molecule has 0 saturated heterocycles. The fourth-order valence-electron chi connectivity index (χ4n) is 12.6. The molecule has 11 aromatic carbocycles. The number of hydrogen-bond acceptors (Lipinski definition) is 1. The Hall–Kier alpha value is -8.35. The molecule has 1 heterocycles. The number of nitrogens with zero attached hydrogens (tertiary/aromatic N) is 1. The van der Waals surface area contributed by atoms with Crippen LogP contribution < -0.4 is 46.4 Å². The summed E-state index contributed by atoms with van der Waals surface area (Å²) in [6.45, 7) is 4.73. The summed E-state index contributed by atoms with van der Waals surface area (Å²) in [7, 11) is -5.53. The van der Waals surface area contributed by atoms with Crippen molar-refractivity contribution < 1.29 is 0 Å². The molecular formula is C69H53NSi2. The molecule has 0 saturated carbocycles. The summed E-state index contributed by atoms with van der Waals surface area (Å²) in [5, 5.41) is 11.1. The predicted molar refractivity (Wildman–Crippen MR) is 310 cm³/mol. The lowest BCUT2D eigenvalue weighted by Gasteiger charge is -2.35. The lowest BCUT2D eigenvalue weighted by atomic mass is 9.81. The van der Waals surface area contributed by atoms with Gasteiger partial charge in [-0.1, -0.05) is 257 Å². The molecule has 0 fully saturated rings. The highest BCUT2D eigenvalue weighted by molar-refractivity contribution is 7.22. The van der Waals surface area contributed by atoms with Crippen LogP contribution in [0.2, 0.25) is 0 Å². The number of benzene rings is 11. The van der Waals surface area contributed by atoms with Crippen molar-refractivity contribution in [1.82, 2.24) is 0 Å². The van der Waals surface area contributed by atoms with Gasteiger partial charge < -0.3 is 4.90 Å². The SMILES string of the molecule is CC1(C)c2ccccc2-c2ccc(-c3ccc(N(c4ccc([Si](c5ccccc5)(c5ccccc5)c5ccccc5)cc4)c4ccc5c(c4)[Si](c4ccccc4)(c4ccccc4)c4ccccc4-5)cc3)cc21. The molecule has 0 radical (unpaired) electrons. The van der Waals surface area contributed by atoms with Gasteiger partial charge in [0, 0.05) is 22.5 Å². The minimum atomic E-state index is -2.77. The van der Waals surface area contributed by atoms with Gasteiger partial charge in [0.25, 0.3) is 0 Å². The van der Waals surface area contributed by atoms with Crippen molar-refractivity contribution in [2.45, 2.75) is 19.3 Å². The second-order valence-electron chi connectivity index (χ2n) is 20.0. The minimum absolute atomic E-state index is 0.0713. The van der Waals surface area contributed by atoms with E-state index in [9.17, 15) is 0 Å². The first-order valence-electron chi connectivity index (χ1n) is 25.2. The highest BCUT2D eigenvalue weighted by Gasteiger charge is 2.49. The van der Waals surface area contributed by atoms with E-state index in [0.717, 1.165) is 17.1 Å². The van der Waals surface area contributed by atoms with Crippen molar-refractivity contribution in [1.29, 1.82) is 0 Å². The van der Waals surface area contributed by atoms with Crippen molar-refractivity contribution in [3.63, 3.8) is 0 Å².